The van der Waals surface area contributed by atoms with Crippen molar-refractivity contribution >= 4 is 36.6 Å². The van der Waals surface area contributed by atoms with E-state index in [1.165, 1.54) is 18.2 Å². The molecule has 0 saturated carbocycles. The Hall–Kier alpha value is -3.18. The molecule has 2 rings (SSSR count). The van der Waals surface area contributed by atoms with E-state index in [0.29, 0.717) is 0 Å². The molecule has 8 heteroatoms. The molecule has 2 aromatic rings. The SMILES string of the molecule is CCOC(=O)c1cc(Nc2ccc([Si](C)(C)C)cc2F)c(C(=O)O)cc1C#N. The molecule has 146 valence electrons. The molecule has 0 spiro atoms. The van der Waals surface area contributed by atoms with Gasteiger partial charge < -0.3 is 15.2 Å². The Kier molecular flexibility index (Phi) is 6.21. The normalized spacial score (nSPS) is 10.9. The van der Waals surface area contributed by atoms with Gasteiger partial charge >= 0.3 is 11.9 Å². The molecule has 0 fully saturated rings. The Morgan fingerprint density at radius 2 is 1.86 bits per heavy atom. The first-order valence-electron chi connectivity index (χ1n) is 8.64. The first-order valence-corrected chi connectivity index (χ1v) is 12.1. The Labute approximate surface area is 163 Å². The number of benzene rings is 2. The number of rotatable bonds is 6. The molecule has 0 bridgehead atoms. The Morgan fingerprint density at radius 1 is 1.18 bits per heavy atom. The largest absolute Gasteiger partial charge is 0.478 e. The number of carbonyl (C=O) groups excluding carboxylic acids is 1. The van der Waals surface area contributed by atoms with E-state index >= 15 is 0 Å². The minimum absolute atomic E-state index is 0.00536. The standard InChI is InChI=1S/C20H21FN2O4Si/c1-5-27-20(26)14-10-18(15(19(24)25)8-12(14)11-22)23-17-7-6-13(9-16(17)21)28(2,3)4/h6-10,23H,5H2,1-4H3,(H,24,25). The summed E-state index contributed by atoms with van der Waals surface area (Å²) in [5.41, 5.74) is -0.400. The van der Waals surface area contributed by atoms with E-state index in [4.69, 9.17) is 4.74 Å². The summed E-state index contributed by atoms with van der Waals surface area (Å²) in [4.78, 5) is 23.7. The molecule has 0 aliphatic rings. The van der Waals surface area contributed by atoms with E-state index in [-0.39, 0.29) is 34.7 Å². The maximum atomic E-state index is 14.6. The number of carboxylic acids is 1. The van der Waals surface area contributed by atoms with E-state index in [9.17, 15) is 24.3 Å². The topological polar surface area (TPSA) is 99.4 Å². The lowest BCUT2D eigenvalue weighted by Crippen LogP contribution is -2.37. The van der Waals surface area contributed by atoms with Crippen molar-refractivity contribution in [1.82, 2.24) is 0 Å². The summed E-state index contributed by atoms with van der Waals surface area (Å²) in [6.45, 7) is 7.97. The van der Waals surface area contributed by atoms with Crippen LogP contribution in [0.4, 0.5) is 15.8 Å². The van der Waals surface area contributed by atoms with Gasteiger partial charge in [0.1, 0.15) is 11.9 Å². The van der Waals surface area contributed by atoms with E-state index in [1.807, 2.05) is 0 Å². The van der Waals surface area contributed by atoms with E-state index in [0.717, 1.165) is 11.3 Å². The first-order chi connectivity index (χ1) is 13.1. The number of hydrogen-bond acceptors (Lipinski definition) is 5. The Balaban J connectivity index is 2.55. The van der Waals surface area contributed by atoms with Gasteiger partial charge in [-0.15, -0.1) is 0 Å². The highest BCUT2D eigenvalue weighted by molar-refractivity contribution is 6.88. The monoisotopic (exact) mass is 400 g/mol. The van der Waals surface area contributed by atoms with Crippen molar-refractivity contribution < 1.29 is 23.8 Å². The van der Waals surface area contributed by atoms with Crippen LogP contribution in [0.2, 0.25) is 19.6 Å². The smallest absolute Gasteiger partial charge is 0.339 e. The van der Waals surface area contributed by atoms with Gasteiger partial charge in [-0.25, -0.2) is 14.0 Å². The zero-order chi connectivity index (χ0) is 21.1. The summed E-state index contributed by atoms with van der Waals surface area (Å²) in [5, 5.41) is 22.4. The molecule has 0 amide bonds. The minimum Gasteiger partial charge on any atom is -0.478 e. The van der Waals surface area contributed by atoms with Crippen LogP contribution in [0.5, 0.6) is 0 Å². The van der Waals surface area contributed by atoms with E-state index < -0.39 is 25.8 Å². The average Bonchev–Trinajstić information content (AvgIpc) is 2.62. The number of nitrogens with one attached hydrogen (secondary N) is 1. The van der Waals surface area contributed by atoms with Crippen LogP contribution < -0.4 is 10.5 Å². The quantitative estimate of drug-likeness (QED) is 0.564. The molecule has 6 nitrogen and oxygen atoms in total. The second kappa shape index (κ2) is 8.23. The molecule has 2 aromatic carbocycles. The van der Waals surface area contributed by atoms with Crippen LogP contribution >= 0.6 is 0 Å². The molecule has 0 atom stereocenters. The van der Waals surface area contributed by atoms with E-state index in [1.54, 1.807) is 19.1 Å². The number of halogens is 1. The molecule has 0 unspecified atom stereocenters. The van der Waals surface area contributed by atoms with Crippen LogP contribution in [-0.4, -0.2) is 31.7 Å². The van der Waals surface area contributed by atoms with Crippen molar-refractivity contribution in [3.63, 3.8) is 0 Å². The number of anilines is 2. The van der Waals surface area contributed by atoms with Gasteiger partial charge in [-0.3, -0.25) is 0 Å². The van der Waals surface area contributed by atoms with Crippen LogP contribution in [0.25, 0.3) is 0 Å². The van der Waals surface area contributed by atoms with Gasteiger partial charge in [-0.05, 0) is 31.2 Å². The van der Waals surface area contributed by atoms with Crippen molar-refractivity contribution in [2.75, 3.05) is 11.9 Å². The number of aromatic carboxylic acids is 1. The molecule has 0 aromatic heterocycles. The van der Waals surface area contributed by atoms with Gasteiger partial charge in [0.2, 0.25) is 0 Å². The minimum atomic E-state index is -1.71. The number of carbonyl (C=O) groups is 2. The maximum Gasteiger partial charge on any atom is 0.339 e. The Morgan fingerprint density at radius 3 is 2.36 bits per heavy atom. The molecule has 0 heterocycles. The van der Waals surface area contributed by atoms with Crippen molar-refractivity contribution in [1.29, 1.82) is 5.26 Å². The fourth-order valence-electron chi connectivity index (χ4n) is 2.58. The predicted molar refractivity (Wildman–Crippen MR) is 107 cm³/mol. The highest BCUT2D eigenvalue weighted by Crippen LogP contribution is 2.27. The number of esters is 1. The summed E-state index contributed by atoms with van der Waals surface area (Å²) in [6, 6.07) is 8.84. The lowest BCUT2D eigenvalue weighted by molar-refractivity contribution is 0.0524. The molecule has 28 heavy (non-hydrogen) atoms. The molecular formula is C20H21FN2O4Si. The van der Waals surface area contributed by atoms with Gasteiger partial charge in [-0.2, -0.15) is 5.26 Å². The zero-order valence-electron chi connectivity index (χ0n) is 16.1. The van der Waals surface area contributed by atoms with Gasteiger partial charge in [0.25, 0.3) is 0 Å². The summed E-state index contributed by atoms with van der Waals surface area (Å²) in [6.07, 6.45) is 0. The third-order valence-corrected chi connectivity index (χ3v) is 6.15. The molecule has 0 aliphatic heterocycles. The van der Waals surface area contributed by atoms with Crippen LogP contribution in [0.3, 0.4) is 0 Å². The summed E-state index contributed by atoms with van der Waals surface area (Å²) in [5.74, 6) is -2.60. The van der Waals surface area contributed by atoms with Gasteiger partial charge in [0.15, 0.2) is 0 Å². The summed E-state index contributed by atoms with van der Waals surface area (Å²) >= 11 is 0. The molecule has 0 saturated heterocycles. The highest BCUT2D eigenvalue weighted by atomic mass is 28.3. The number of hydrogen-bond donors (Lipinski definition) is 2. The molecule has 0 aliphatic carbocycles. The number of ether oxygens (including phenoxy) is 1. The molecule has 0 radical (unpaired) electrons. The van der Waals surface area contributed by atoms with E-state index in [2.05, 4.69) is 25.0 Å². The number of carboxylic acid groups (broad SMARTS) is 1. The molecule has 2 N–H and O–H groups in total. The second-order valence-corrected chi connectivity index (χ2v) is 12.2. The fraction of sp³-hybridized carbons (Fsp3) is 0.250. The zero-order valence-corrected chi connectivity index (χ0v) is 17.1. The average molecular weight is 400 g/mol. The molecular weight excluding hydrogens is 379 g/mol. The van der Waals surface area contributed by atoms with Crippen molar-refractivity contribution in [3.05, 3.63) is 52.8 Å². The van der Waals surface area contributed by atoms with Gasteiger partial charge in [0, 0.05) is 0 Å². The van der Waals surface area contributed by atoms with Crippen molar-refractivity contribution in [2.24, 2.45) is 0 Å². The third kappa shape index (κ3) is 4.56. The highest BCUT2D eigenvalue weighted by Gasteiger charge is 2.22. The summed E-state index contributed by atoms with van der Waals surface area (Å²) in [7, 11) is -1.71. The predicted octanol–water partition coefficient (Wildman–Crippen LogP) is 3.86. The second-order valence-electron chi connectivity index (χ2n) is 7.15. The maximum absolute atomic E-state index is 14.6. The van der Waals surface area contributed by atoms with Gasteiger partial charge in [0.05, 0.1) is 42.7 Å². The number of nitrogens with zero attached hydrogens (tertiary/aromatic N) is 1. The summed E-state index contributed by atoms with van der Waals surface area (Å²) < 4.78 is 19.5. The fourth-order valence-corrected chi connectivity index (χ4v) is 3.72. The number of nitriles is 1. The van der Waals surface area contributed by atoms with Crippen LogP contribution in [0, 0.1) is 17.1 Å². The van der Waals surface area contributed by atoms with Crippen LogP contribution in [0.15, 0.2) is 30.3 Å². The van der Waals surface area contributed by atoms with Crippen molar-refractivity contribution in [3.8, 4) is 6.07 Å². The van der Waals surface area contributed by atoms with Crippen molar-refractivity contribution in [2.45, 2.75) is 26.6 Å². The lowest BCUT2D eigenvalue weighted by atomic mass is 10.0. The van der Waals surface area contributed by atoms with Crippen LogP contribution in [-0.2, 0) is 4.74 Å². The van der Waals surface area contributed by atoms with Gasteiger partial charge in [-0.1, -0.05) is 30.9 Å². The Bertz CT molecular complexity index is 977. The first kappa shape index (κ1) is 21.1. The lowest BCUT2D eigenvalue weighted by Gasteiger charge is -2.18. The third-order valence-electron chi connectivity index (χ3n) is 4.11. The van der Waals surface area contributed by atoms with Crippen LogP contribution in [0.1, 0.15) is 33.2 Å².